The molecule has 0 saturated carbocycles. The summed E-state index contributed by atoms with van der Waals surface area (Å²) in [5.41, 5.74) is 3.52. The first-order valence-corrected chi connectivity index (χ1v) is 12.2. The summed E-state index contributed by atoms with van der Waals surface area (Å²) in [5.74, 6) is -0.345. The highest BCUT2D eigenvalue weighted by Crippen LogP contribution is 2.29. The Bertz CT molecular complexity index is 1050. The van der Waals surface area contributed by atoms with Gasteiger partial charge in [-0.25, -0.2) is 8.42 Å². The van der Waals surface area contributed by atoms with Gasteiger partial charge in [0.1, 0.15) is 0 Å². The van der Waals surface area contributed by atoms with Crippen molar-refractivity contribution in [2.24, 2.45) is 0 Å². The zero-order chi connectivity index (χ0) is 22.0. The third-order valence-corrected chi connectivity index (χ3v) is 8.05. The second-order valence-electron chi connectivity index (χ2n) is 8.27. The Labute approximate surface area is 183 Å². The van der Waals surface area contributed by atoms with Crippen molar-refractivity contribution in [3.63, 3.8) is 0 Å². The molecule has 2 aromatic rings. The van der Waals surface area contributed by atoms with Crippen LogP contribution in [-0.4, -0.2) is 57.0 Å². The number of rotatable bonds is 6. The van der Waals surface area contributed by atoms with Crippen LogP contribution >= 0.6 is 0 Å². The topological polar surface area (TPSA) is 90.0 Å². The first-order valence-electron chi connectivity index (χ1n) is 10.8. The Morgan fingerprint density at radius 1 is 1.06 bits per heavy atom. The Morgan fingerprint density at radius 3 is 2.48 bits per heavy atom. The summed E-state index contributed by atoms with van der Waals surface area (Å²) in [6.45, 7) is 2.14. The number of carbonyl (C=O) groups excluding carboxylic acids is 1. The zero-order valence-corrected chi connectivity index (χ0v) is 18.6. The monoisotopic (exact) mass is 443 g/mol. The van der Waals surface area contributed by atoms with Gasteiger partial charge in [0.15, 0.2) is 0 Å². The molecule has 1 unspecified atom stereocenters. The quantitative estimate of drug-likeness (QED) is 0.715. The van der Waals surface area contributed by atoms with Gasteiger partial charge >= 0.3 is 0 Å². The van der Waals surface area contributed by atoms with Crippen LogP contribution in [0, 0.1) is 0 Å². The maximum absolute atomic E-state index is 12.7. The molecule has 1 fully saturated rings. The van der Waals surface area contributed by atoms with Crippen molar-refractivity contribution in [1.82, 2.24) is 9.62 Å². The van der Waals surface area contributed by atoms with E-state index in [0.29, 0.717) is 18.7 Å². The first-order chi connectivity index (χ1) is 14.9. The number of aliphatic hydroxyl groups is 1. The molecule has 31 heavy (non-hydrogen) atoms. The molecule has 2 aromatic carbocycles. The van der Waals surface area contributed by atoms with Crippen LogP contribution in [0.25, 0.3) is 0 Å². The van der Waals surface area contributed by atoms with Crippen molar-refractivity contribution in [3.8, 4) is 0 Å². The van der Waals surface area contributed by atoms with Crippen LogP contribution in [0.3, 0.4) is 0 Å². The minimum absolute atomic E-state index is 0.0846. The van der Waals surface area contributed by atoms with Gasteiger partial charge in [-0.15, -0.1) is 0 Å². The standard InChI is InChI=1S/C23H29N3O4S/c1-25-14-11-18-15-19(7-10-21(18)25)22(27)16-24-23(28)17-5-8-20(9-6-17)31(29,30)26-12-3-2-4-13-26/h5-10,15,22,27H,2-4,11-14,16H2,1H3,(H,24,28). The second-order valence-corrected chi connectivity index (χ2v) is 10.2. The van der Waals surface area contributed by atoms with Crippen LogP contribution in [0.4, 0.5) is 5.69 Å². The van der Waals surface area contributed by atoms with Crippen molar-refractivity contribution in [3.05, 3.63) is 59.2 Å². The number of fused-ring (bicyclic) bond motifs is 1. The van der Waals surface area contributed by atoms with Gasteiger partial charge in [-0.1, -0.05) is 18.6 Å². The van der Waals surface area contributed by atoms with E-state index in [-0.39, 0.29) is 17.3 Å². The van der Waals surface area contributed by atoms with Crippen molar-refractivity contribution in [1.29, 1.82) is 0 Å². The van der Waals surface area contributed by atoms with E-state index in [1.54, 1.807) is 0 Å². The number of sulfonamides is 1. The SMILES string of the molecule is CN1CCc2cc(C(O)CNC(=O)c3ccc(S(=O)(=O)N4CCCCC4)cc3)ccc21. The molecule has 0 aliphatic carbocycles. The highest BCUT2D eigenvalue weighted by Gasteiger charge is 2.26. The van der Waals surface area contributed by atoms with Crippen LogP contribution in [0.2, 0.25) is 0 Å². The fourth-order valence-electron chi connectivity index (χ4n) is 4.24. The number of hydrogen-bond acceptors (Lipinski definition) is 5. The largest absolute Gasteiger partial charge is 0.387 e. The average Bonchev–Trinajstić information content (AvgIpc) is 3.18. The highest BCUT2D eigenvalue weighted by atomic mass is 32.2. The van der Waals surface area contributed by atoms with Crippen LogP contribution in [0.1, 0.15) is 46.9 Å². The van der Waals surface area contributed by atoms with E-state index < -0.39 is 16.1 Å². The smallest absolute Gasteiger partial charge is 0.251 e. The van der Waals surface area contributed by atoms with E-state index >= 15 is 0 Å². The zero-order valence-electron chi connectivity index (χ0n) is 17.8. The number of amides is 1. The number of carbonyl (C=O) groups is 1. The van der Waals surface area contributed by atoms with Gasteiger partial charge in [-0.2, -0.15) is 4.31 Å². The average molecular weight is 444 g/mol. The summed E-state index contributed by atoms with van der Waals surface area (Å²) >= 11 is 0. The lowest BCUT2D eigenvalue weighted by Gasteiger charge is -2.25. The highest BCUT2D eigenvalue weighted by molar-refractivity contribution is 7.89. The molecule has 2 aliphatic heterocycles. The summed E-state index contributed by atoms with van der Waals surface area (Å²) in [6.07, 6.45) is 2.95. The second kappa shape index (κ2) is 8.98. The number of anilines is 1. The molecule has 2 aliphatic rings. The molecule has 1 atom stereocenters. The molecule has 2 N–H and O–H groups in total. The maximum atomic E-state index is 12.7. The molecule has 8 heteroatoms. The van der Waals surface area contributed by atoms with Crippen LogP contribution < -0.4 is 10.2 Å². The number of nitrogens with one attached hydrogen (secondary N) is 1. The van der Waals surface area contributed by atoms with Crippen LogP contribution in [-0.2, 0) is 16.4 Å². The van der Waals surface area contributed by atoms with Crippen molar-refractivity contribution in [2.75, 3.05) is 38.1 Å². The van der Waals surface area contributed by atoms with Gasteiger partial charge in [-0.3, -0.25) is 4.79 Å². The minimum Gasteiger partial charge on any atom is -0.387 e. The van der Waals surface area contributed by atoms with E-state index in [4.69, 9.17) is 0 Å². The Morgan fingerprint density at radius 2 is 1.77 bits per heavy atom. The first kappa shape index (κ1) is 21.8. The Hall–Kier alpha value is -2.42. The van der Waals surface area contributed by atoms with Gasteiger partial charge < -0.3 is 15.3 Å². The Kier molecular flexibility index (Phi) is 6.31. The third kappa shape index (κ3) is 4.61. The van der Waals surface area contributed by atoms with Crippen LogP contribution in [0.15, 0.2) is 47.4 Å². The molecule has 0 aromatic heterocycles. The molecule has 0 spiro atoms. The molecule has 2 heterocycles. The van der Waals surface area contributed by atoms with E-state index in [1.807, 2.05) is 25.2 Å². The van der Waals surface area contributed by atoms with Crippen molar-refractivity contribution in [2.45, 2.75) is 36.7 Å². The molecule has 7 nitrogen and oxygen atoms in total. The number of hydrogen-bond donors (Lipinski definition) is 2. The van der Waals surface area contributed by atoms with Gasteiger partial charge in [0.2, 0.25) is 10.0 Å². The van der Waals surface area contributed by atoms with Crippen molar-refractivity contribution >= 4 is 21.6 Å². The van der Waals surface area contributed by atoms with Gasteiger partial charge in [0, 0.05) is 44.5 Å². The Balaban J connectivity index is 1.37. The van der Waals surface area contributed by atoms with Crippen LogP contribution in [0.5, 0.6) is 0 Å². The number of likely N-dealkylation sites (N-methyl/N-ethyl adjacent to an activating group) is 1. The lowest BCUT2D eigenvalue weighted by molar-refractivity contribution is 0.0916. The van der Waals surface area contributed by atoms with Gasteiger partial charge in [-0.05, 0) is 60.7 Å². The lowest BCUT2D eigenvalue weighted by atomic mass is 10.0. The summed E-state index contributed by atoms with van der Waals surface area (Å²) in [5, 5.41) is 13.2. The lowest BCUT2D eigenvalue weighted by Crippen LogP contribution is -2.35. The molecule has 166 valence electrons. The number of nitrogens with zero attached hydrogens (tertiary/aromatic N) is 2. The fourth-order valence-corrected chi connectivity index (χ4v) is 5.75. The van der Waals surface area contributed by atoms with Crippen molar-refractivity contribution < 1.29 is 18.3 Å². The molecule has 4 rings (SSSR count). The summed E-state index contributed by atoms with van der Waals surface area (Å²) in [4.78, 5) is 14.9. The summed E-state index contributed by atoms with van der Waals surface area (Å²) < 4.78 is 27.0. The van der Waals surface area contributed by atoms with E-state index in [2.05, 4.69) is 10.2 Å². The van der Waals surface area contributed by atoms with Gasteiger partial charge in [0.25, 0.3) is 5.91 Å². The molecular formula is C23H29N3O4S. The van der Waals surface area contributed by atoms with E-state index in [0.717, 1.165) is 37.8 Å². The normalized spacial score (nSPS) is 17.9. The fraction of sp³-hybridized carbons (Fsp3) is 0.435. The predicted molar refractivity (Wildman–Crippen MR) is 120 cm³/mol. The predicted octanol–water partition coefficient (Wildman–Crippen LogP) is 2.32. The number of aliphatic hydroxyl groups excluding tert-OH is 1. The van der Waals surface area contributed by atoms with Gasteiger partial charge in [0.05, 0.1) is 11.0 Å². The molecule has 1 amide bonds. The molecule has 0 radical (unpaired) electrons. The number of piperidine rings is 1. The maximum Gasteiger partial charge on any atom is 0.251 e. The summed E-state index contributed by atoms with van der Waals surface area (Å²) in [6, 6.07) is 11.9. The summed E-state index contributed by atoms with van der Waals surface area (Å²) in [7, 11) is -1.47. The molecular weight excluding hydrogens is 414 g/mol. The molecule has 0 bridgehead atoms. The molecule has 1 saturated heterocycles. The van der Waals surface area contributed by atoms with E-state index in [9.17, 15) is 18.3 Å². The van der Waals surface area contributed by atoms with E-state index in [1.165, 1.54) is 39.8 Å². The third-order valence-electron chi connectivity index (χ3n) is 6.14. The number of benzene rings is 2. The minimum atomic E-state index is -3.52.